The number of rotatable bonds is 5. The number of nitrogens with zero attached hydrogens (tertiary/aromatic N) is 1. The van der Waals surface area contributed by atoms with Crippen molar-refractivity contribution in [3.63, 3.8) is 0 Å². The second-order valence-corrected chi connectivity index (χ2v) is 6.04. The molecule has 0 saturated carbocycles. The van der Waals surface area contributed by atoms with Gasteiger partial charge in [-0.1, -0.05) is 43.7 Å². The molecule has 0 aliphatic carbocycles. The molecule has 106 valence electrons. The SMILES string of the molecule is CC(CCNN1C(C)CCCC1C)c1ccccc1. The van der Waals surface area contributed by atoms with E-state index in [0.29, 0.717) is 18.0 Å². The zero-order chi connectivity index (χ0) is 13.7. The molecule has 2 rings (SSSR count). The molecule has 0 bridgehead atoms. The molecule has 1 fully saturated rings. The van der Waals surface area contributed by atoms with Gasteiger partial charge in [0.2, 0.25) is 0 Å². The largest absolute Gasteiger partial charge is 0.255 e. The smallest absolute Gasteiger partial charge is 0.0218 e. The summed E-state index contributed by atoms with van der Waals surface area (Å²) in [6.07, 6.45) is 5.22. The van der Waals surface area contributed by atoms with Gasteiger partial charge in [-0.2, -0.15) is 0 Å². The van der Waals surface area contributed by atoms with Gasteiger partial charge in [0.1, 0.15) is 0 Å². The molecule has 1 aliphatic rings. The Kier molecular flexibility index (Phi) is 5.41. The Morgan fingerprint density at radius 2 is 1.79 bits per heavy atom. The lowest BCUT2D eigenvalue weighted by Crippen LogP contribution is -2.52. The first-order valence-corrected chi connectivity index (χ1v) is 7.75. The summed E-state index contributed by atoms with van der Waals surface area (Å²) in [5.41, 5.74) is 5.10. The number of piperidine rings is 1. The predicted octanol–water partition coefficient (Wildman–Crippen LogP) is 3.95. The molecular weight excluding hydrogens is 232 g/mol. The first kappa shape index (κ1) is 14.5. The number of benzene rings is 1. The molecule has 0 spiro atoms. The van der Waals surface area contributed by atoms with Crippen molar-refractivity contribution in [1.82, 2.24) is 10.4 Å². The molecule has 0 amide bonds. The Hall–Kier alpha value is -0.860. The number of hydrazine groups is 1. The van der Waals surface area contributed by atoms with Crippen LogP contribution in [0.1, 0.15) is 57.9 Å². The summed E-state index contributed by atoms with van der Waals surface area (Å²) >= 11 is 0. The molecule has 1 aliphatic heterocycles. The fraction of sp³-hybridized carbons (Fsp3) is 0.647. The van der Waals surface area contributed by atoms with Crippen molar-refractivity contribution in [2.24, 2.45) is 0 Å². The van der Waals surface area contributed by atoms with Gasteiger partial charge in [0, 0.05) is 18.6 Å². The van der Waals surface area contributed by atoms with Crippen LogP contribution in [0.5, 0.6) is 0 Å². The maximum atomic E-state index is 3.66. The molecule has 0 aromatic heterocycles. The minimum absolute atomic E-state index is 0.629. The second-order valence-electron chi connectivity index (χ2n) is 6.04. The van der Waals surface area contributed by atoms with Crippen molar-refractivity contribution >= 4 is 0 Å². The van der Waals surface area contributed by atoms with Crippen molar-refractivity contribution in [2.75, 3.05) is 6.54 Å². The van der Waals surface area contributed by atoms with Crippen LogP contribution in [-0.4, -0.2) is 23.6 Å². The second kappa shape index (κ2) is 7.06. The van der Waals surface area contributed by atoms with Gasteiger partial charge in [0.25, 0.3) is 0 Å². The quantitative estimate of drug-likeness (QED) is 0.862. The third-order valence-corrected chi connectivity index (χ3v) is 4.43. The lowest BCUT2D eigenvalue weighted by molar-refractivity contribution is 0.0456. The highest BCUT2D eigenvalue weighted by Gasteiger charge is 2.24. The standard InChI is InChI=1S/C17H28N2/c1-14(17-10-5-4-6-11-17)12-13-18-19-15(2)8-7-9-16(19)3/h4-6,10-11,14-16,18H,7-9,12-13H2,1-3H3. The topological polar surface area (TPSA) is 15.3 Å². The zero-order valence-corrected chi connectivity index (χ0v) is 12.6. The van der Waals surface area contributed by atoms with Gasteiger partial charge in [-0.3, -0.25) is 5.43 Å². The summed E-state index contributed by atoms with van der Waals surface area (Å²) < 4.78 is 0. The predicted molar refractivity (Wildman–Crippen MR) is 82.1 cm³/mol. The van der Waals surface area contributed by atoms with Crippen LogP contribution in [0.2, 0.25) is 0 Å². The highest BCUT2D eigenvalue weighted by Crippen LogP contribution is 2.21. The Bertz CT molecular complexity index is 353. The maximum Gasteiger partial charge on any atom is 0.0218 e. The van der Waals surface area contributed by atoms with Gasteiger partial charge in [-0.05, 0) is 44.6 Å². The Morgan fingerprint density at radius 3 is 2.42 bits per heavy atom. The third kappa shape index (κ3) is 4.05. The summed E-state index contributed by atoms with van der Waals surface area (Å²) in [6, 6.07) is 12.2. The van der Waals surface area contributed by atoms with Crippen LogP contribution >= 0.6 is 0 Å². The van der Waals surface area contributed by atoms with Crippen molar-refractivity contribution in [3.8, 4) is 0 Å². The van der Waals surface area contributed by atoms with Crippen LogP contribution in [0.25, 0.3) is 0 Å². The van der Waals surface area contributed by atoms with Crippen molar-refractivity contribution < 1.29 is 0 Å². The molecule has 1 heterocycles. The van der Waals surface area contributed by atoms with Gasteiger partial charge in [0.05, 0.1) is 0 Å². The van der Waals surface area contributed by atoms with Crippen molar-refractivity contribution in [2.45, 2.75) is 64.5 Å². The van der Waals surface area contributed by atoms with Gasteiger partial charge in [-0.15, -0.1) is 0 Å². The average molecular weight is 260 g/mol. The molecule has 19 heavy (non-hydrogen) atoms. The number of nitrogens with one attached hydrogen (secondary N) is 1. The molecule has 1 N–H and O–H groups in total. The highest BCUT2D eigenvalue weighted by atomic mass is 15.5. The van der Waals surface area contributed by atoms with Crippen LogP contribution in [0.4, 0.5) is 0 Å². The van der Waals surface area contributed by atoms with E-state index in [1.807, 2.05) is 0 Å². The van der Waals surface area contributed by atoms with E-state index < -0.39 is 0 Å². The molecule has 0 radical (unpaired) electrons. The van der Waals surface area contributed by atoms with E-state index in [1.165, 1.54) is 31.2 Å². The summed E-state index contributed by atoms with van der Waals surface area (Å²) in [7, 11) is 0. The lowest BCUT2D eigenvalue weighted by atomic mass is 9.98. The fourth-order valence-corrected chi connectivity index (χ4v) is 3.09. The minimum Gasteiger partial charge on any atom is -0.255 e. The molecule has 3 atom stereocenters. The van der Waals surface area contributed by atoms with Crippen molar-refractivity contribution in [1.29, 1.82) is 0 Å². The monoisotopic (exact) mass is 260 g/mol. The van der Waals surface area contributed by atoms with Gasteiger partial charge < -0.3 is 0 Å². The summed E-state index contributed by atoms with van der Waals surface area (Å²) in [6.45, 7) is 8.07. The van der Waals surface area contributed by atoms with Crippen molar-refractivity contribution in [3.05, 3.63) is 35.9 Å². The van der Waals surface area contributed by atoms with Gasteiger partial charge in [0.15, 0.2) is 0 Å². The van der Waals surface area contributed by atoms with E-state index in [1.54, 1.807) is 0 Å². The van der Waals surface area contributed by atoms with E-state index in [0.717, 1.165) is 6.54 Å². The molecule has 1 aromatic carbocycles. The molecule has 2 heteroatoms. The molecular formula is C17H28N2. The molecule has 1 aromatic rings. The zero-order valence-electron chi connectivity index (χ0n) is 12.6. The van der Waals surface area contributed by atoms with Crippen LogP contribution in [0, 0.1) is 0 Å². The first-order valence-electron chi connectivity index (χ1n) is 7.75. The lowest BCUT2D eigenvalue weighted by Gasteiger charge is -2.39. The minimum atomic E-state index is 0.629. The average Bonchev–Trinajstić information content (AvgIpc) is 2.43. The van der Waals surface area contributed by atoms with E-state index in [4.69, 9.17) is 0 Å². The number of hydrogen-bond acceptors (Lipinski definition) is 2. The fourth-order valence-electron chi connectivity index (χ4n) is 3.09. The van der Waals surface area contributed by atoms with E-state index in [-0.39, 0.29) is 0 Å². The Balaban J connectivity index is 1.77. The molecule has 2 nitrogen and oxygen atoms in total. The van der Waals surface area contributed by atoms with Gasteiger partial charge >= 0.3 is 0 Å². The molecule has 3 unspecified atom stereocenters. The Morgan fingerprint density at radius 1 is 1.16 bits per heavy atom. The van der Waals surface area contributed by atoms with E-state index in [2.05, 4.69) is 61.5 Å². The van der Waals surface area contributed by atoms with Crippen LogP contribution < -0.4 is 5.43 Å². The summed E-state index contributed by atoms with van der Waals surface area (Å²) in [5, 5.41) is 2.47. The normalized spacial score (nSPS) is 26.3. The van der Waals surface area contributed by atoms with E-state index in [9.17, 15) is 0 Å². The third-order valence-electron chi connectivity index (χ3n) is 4.43. The molecule has 1 saturated heterocycles. The Labute approximate surface area is 118 Å². The van der Waals surface area contributed by atoms with Gasteiger partial charge in [-0.25, -0.2) is 5.01 Å². The highest BCUT2D eigenvalue weighted by molar-refractivity contribution is 5.18. The van der Waals surface area contributed by atoms with Crippen LogP contribution in [0.3, 0.4) is 0 Å². The van der Waals surface area contributed by atoms with Crippen LogP contribution in [0.15, 0.2) is 30.3 Å². The maximum absolute atomic E-state index is 3.66. The van der Waals surface area contributed by atoms with Crippen LogP contribution in [-0.2, 0) is 0 Å². The first-order chi connectivity index (χ1) is 9.18. The number of hydrogen-bond donors (Lipinski definition) is 1. The van der Waals surface area contributed by atoms with E-state index >= 15 is 0 Å². The summed E-state index contributed by atoms with van der Waals surface area (Å²) in [5.74, 6) is 0.629. The summed E-state index contributed by atoms with van der Waals surface area (Å²) in [4.78, 5) is 0.